The molecule has 0 aromatic heterocycles. The molecule has 0 bridgehead atoms. The van der Waals surface area contributed by atoms with Gasteiger partial charge in [0.15, 0.2) is 11.5 Å². The van der Waals surface area contributed by atoms with Crippen LogP contribution in [0.3, 0.4) is 0 Å². The molecule has 1 rings (SSSR count). The minimum atomic E-state index is -0.848. The van der Waals surface area contributed by atoms with Crippen LogP contribution in [0.5, 0.6) is 11.5 Å². The molecule has 0 spiro atoms. The third kappa shape index (κ3) is 5.78. The molecular weight excluding hydrogens is 322 g/mol. The summed E-state index contributed by atoms with van der Waals surface area (Å²) in [6.45, 7) is 5.79. The minimum Gasteiger partial charge on any atom is -0.493 e. The van der Waals surface area contributed by atoms with Gasteiger partial charge in [0.1, 0.15) is 0 Å². The van der Waals surface area contributed by atoms with Crippen LogP contribution in [-0.4, -0.2) is 37.8 Å². The van der Waals surface area contributed by atoms with Gasteiger partial charge in [0.2, 0.25) is 0 Å². The number of ether oxygens (including phenoxy) is 2. The Labute approximate surface area is 140 Å². The maximum Gasteiger partial charge on any atom is 0.329 e. The van der Waals surface area contributed by atoms with Crippen LogP contribution in [0.4, 0.5) is 0 Å². The van der Waals surface area contributed by atoms with E-state index in [9.17, 15) is 9.59 Å². The topological polar surface area (TPSA) is 89.0 Å². The highest BCUT2D eigenvalue weighted by atomic mass is 35.5. The summed E-state index contributed by atoms with van der Waals surface area (Å²) in [7, 11) is 1.49. The lowest BCUT2D eigenvalue weighted by atomic mass is 10.2. The lowest BCUT2D eigenvalue weighted by Gasteiger charge is -2.11. The Bertz CT molecular complexity index is 603. The standard InChI is InChI=1S/C15H20ClN3O4/c1-5-23-13-11(16)6-10(7-12(13)22-4)8-17-19-15(21)14(20)18-9(2)3/h6-9H,5H2,1-4H3,(H,18,20)(H,19,21)/b17-8-. The first-order valence-corrected chi connectivity index (χ1v) is 7.41. The van der Waals surface area contributed by atoms with Gasteiger partial charge in [-0.15, -0.1) is 0 Å². The molecular formula is C15H20ClN3O4. The van der Waals surface area contributed by atoms with E-state index in [0.717, 1.165) is 0 Å². The number of carbonyl (C=O) groups excluding carboxylic acids is 2. The van der Waals surface area contributed by atoms with Crippen LogP contribution < -0.4 is 20.2 Å². The number of carbonyl (C=O) groups is 2. The van der Waals surface area contributed by atoms with Crippen LogP contribution in [-0.2, 0) is 9.59 Å². The number of rotatable bonds is 6. The van der Waals surface area contributed by atoms with Gasteiger partial charge in [-0.1, -0.05) is 11.6 Å². The largest absolute Gasteiger partial charge is 0.493 e. The fourth-order valence-corrected chi connectivity index (χ4v) is 1.92. The zero-order valence-electron chi connectivity index (χ0n) is 13.5. The number of hydrazone groups is 1. The van der Waals surface area contributed by atoms with Gasteiger partial charge in [0.25, 0.3) is 0 Å². The first-order chi connectivity index (χ1) is 10.9. The van der Waals surface area contributed by atoms with Crippen molar-refractivity contribution in [3.8, 4) is 11.5 Å². The van der Waals surface area contributed by atoms with Gasteiger partial charge < -0.3 is 14.8 Å². The lowest BCUT2D eigenvalue weighted by Crippen LogP contribution is -2.41. The van der Waals surface area contributed by atoms with Gasteiger partial charge >= 0.3 is 11.8 Å². The van der Waals surface area contributed by atoms with Crippen molar-refractivity contribution in [2.45, 2.75) is 26.8 Å². The second-order valence-corrected chi connectivity index (χ2v) is 5.20. The summed E-state index contributed by atoms with van der Waals surface area (Å²) in [5.74, 6) is -0.711. The summed E-state index contributed by atoms with van der Waals surface area (Å²) >= 11 is 6.12. The number of hydrogen-bond acceptors (Lipinski definition) is 5. The number of amides is 2. The Morgan fingerprint density at radius 1 is 1.35 bits per heavy atom. The van der Waals surface area contributed by atoms with Crippen molar-refractivity contribution in [1.29, 1.82) is 0 Å². The molecule has 0 aliphatic rings. The first-order valence-electron chi connectivity index (χ1n) is 7.03. The van der Waals surface area contributed by atoms with Crippen molar-refractivity contribution in [2.75, 3.05) is 13.7 Å². The Balaban J connectivity index is 2.79. The predicted molar refractivity (Wildman–Crippen MR) is 88.2 cm³/mol. The molecule has 7 nitrogen and oxygen atoms in total. The van der Waals surface area contributed by atoms with Crippen molar-refractivity contribution in [3.63, 3.8) is 0 Å². The van der Waals surface area contributed by atoms with E-state index in [1.54, 1.807) is 26.0 Å². The quantitative estimate of drug-likeness (QED) is 0.468. The van der Waals surface area contributed by atoms with Gasteiger partial charge in [0, 0.05) is 6.04 Å². The highest BCUT2D eigenvalue weighted by Gasteiger charge is 2.13. The third-order valence-electron chi connectivity index (χ3n) is 2.55. The number of nitrogens with zero attached hydrogens (tertiary/aromatic N) is 1. The number of methoxy groups -OCH3 is 1. The summed E-state index contributed by atoms with van der Waals surface area (Å²) in [4.78, 5) is 22.9. The monoisotopic (exact) mass is 341 g/mol. The molecule has 23 heavy (non-hydrogen) atoms. The van der Waals surface area contributed by atoms with Crippen LogP contribution in [0, 0.1) is 0 Å². The Kier molecular flexibility index (Phi) is 7.34. The molecule has 0 aliphatic carbocycles. The molecule has 1 aromatic carbocycles. The van der Waals surface area contributed by atoms with Crippen LogP contribution in [0.1, 0.15) is 26.3 Å². The molecule has 8 heteroatoms. The van der Waals surface area contributed by atoms with Crippen molar-refractivity contribution >= 4 is 29.6 Å². The minimum absolute atomic E-state index is 0.133. The number of hydrogen-bond donors (Lipinski definition) is 2. The van der Waals surface area contributed by atoms with Crippen molar-refractivity contribution in [3.05, 3.63) is 22.7 Å². The van der Waals surface area contributed by atoms with Gasteiger partial charge in [-0.2, -0.15) is 5.10 Å². The molecule has 0 heterocycles. The van der Waals surface area contributed by atoms with Gasteiger partial charge in [-0.05, 0) is 38.5 Å². The molecule has 2 N–H and O–H groups in total. The van der Waals surface area contributed by atoms with E-state index >= 15 is 0 Å². The van der Waals surface area contributed by atoms with E-state index in [2.05, 4.69) is 15.8 Å². The molecule has 0 saturated carbocycles. The number of benzene rings is 1. The molecule has 0 fully saturated rings. The second kappa shape index (κ2) is 8.99. The molecule has 0 atom stereocenters. The SMILES string of the molecule is CCOc1c(Cl)cc(/C=N\NC(=O)C(=O)NC(C)C)cc1OC. The van der Waals surface area contributed by atoms with Crippen molar-refractivity contribution in [2.24, 2.45) is 5.10 Å². The molecule has 0 radical (unpaired) electrons. The number of nitrogens with one attached hydrogen (secondary N) is 2. The molecule has 126 valence electrons. The average molecular weight is 342 g/mol. The summed E-state index contributed by atoms with van der Waals surface area (Å²) < 4.78 is 10.6. The maximum atomic E-state index is 11.5. The molecule has 1 aromatic rings. The lowest BCUT2D eigenvalue weighted by molar-refractivity contribution is -0.139. The Morgan fingerprint density at radius 3 is 2.61 bits per heavy atom. The van der Waals surface area contributed by atoms with Crippen LogP contribution >= 0.6 is 11.6 Å². The van der Waals surface area contributed by atoms with Gasteiger partial charge in [0.05, 0.1) is 25.0 Å². The molecule has 0 aliphatic heterocycles. The third-order valence-corrected chi connectivity index (χ3v) is 2.83. The van der Waals surface area contributed by atoms with E-state index in [1.807, 2.05) is 6.92 Å². The zero-order chi connectivity index (χ0) is 17.4. The summed E-state index contributed by atoms with van der Waals surface area (Å²) in [5.41, 5.74) is 2.72. The fourth-order valence-electron chi connectivity index (χ4n) is 1.64. The first kappa shape index (κ1) is 18.8. The summed E-state index contributed by atoms with van der Waals surface area (Å²) in [6, 6.07) is 3.13. The Hall–Kier alpha value is -2.28. The van der Waals surface area contributed by atoms with E-state index in [0.29, 0.717) is 28.7 Å². The van der Waals surface area contributed by atoms with Crippen LogP contribution in [0.15, 0.2) is 17.2 Å². The zero-order valence-corrected chi connectivity index (χ0v) is 14.2. The van der Waals surface area contributed by atoms with Crippen LogP contribution in [0.2, 0.25) is 5.02 Å². The van der Waals surface area contributed by atoms with E-state index < -0.39 is 11.8 Å². The smallest absolute Gasteiger partial charge is 0.329 e. The highest BCUT2D eigenvalue weighted by Crippen LogP contribution is 2.35. The maximum absolute atomic E-state index is 11.5. The van der Waals surface area contributed by atoms with E-state index in [4.69, 9.17) is 21.1 Å². The molecule has 0 saturated heterocycles. The summed E-state index contributed by atoms with van der Waals surface area (Å²) in [5, 5.41) is 6.54. The number of halogens is 1. The fraction of sp³-hybridized carbons (Fsp3) is 0.400. The molecule has 2 amide bonds. The van der Waals surface area contributed by atoms with E-state index in [-0.39, 0.29) is 6.04 Å². The van der Waals surface area contributed by atoms with Crippen molar-refractivity contribution in [1.82, 2.24) is 10.7 Å². The highest BCUT2D eigenvalue weighted by molar-refractivity contribution is 6.35. The van der Waals surface area contributed by atoms with Crippen molar-refractivity contribution < 1.29 is 19.1 Å². The normalized spacial score (nSPS) is 10.7. The van der Waals surface area contributed by atoms with Crippen LogP contribution in [0.25, 0.3) is 0 Å². The summed E-state index contributed by atoms with van der Waals surface area (Å²) in [6.07, 6.45) is 1.35. The Morgan fingerprint density at radius 2 is 2.04 bits per heavy atom. The van der Waals surface area contributed by atoms with Gasteiger partial charge in [-0.3, -0.25) is 9.59 Å². The van der Waals surface area contributed by atoms with E-state index in [1.165, 1.54) is 13.3 Å². The average Bonchev–Trinajstić information content (AvgIpc) is 2.48. The second-order valence-electron chi connectivity index (χ2n) is 4.79. The molecule has 0 unspecified atom stereocenters. The van der Waals surface area contributed by atoms with Gasteiger partial charge in [-0.25, -0.2) is 5.43 Å². The predicted octanol–water partition coefficient (Wildman–Crippen LogP) is 1.72.